The molecule has 0 unspecified atom stereocenters. The number of rotatable bonds is 2. The van der Waals surface area contributed by atoms with Crippen LogP contribution < -0.4 is 5.73 Å². The third-order valence-electron chi connectivity index (χ3n) is 1.68. The molecule has 1 rings (SSSR count). The maximum atomic E-state index is 10.5. The molecule has 0 atom stereocenters. The lowest BCUT2D eigenvalue weighted by Crippen LogP contribution is -2.06. The van der Waals surface area contributed by atoms with Gasteiger partial charge in [0.2, 0.25) is 0 Å². The molecule has 0 fully saturated rings. The summed E-state index contributed by atoms with van der Waals surface area (Å²) in [5.74, 6) is 0. The highest BCUT2D eigenvalue weighted by atomic mass is 16.6. The Morgan fingerprint density at radius 1 is 1.75 bits per heavy atom. The zero-order chi connectivity index (χ0) is 9.30. The van der Waals surface area contributed by atoms with Gasteiger partial charge in [0.05, 0.1) is 4.92 Å². The van der Waals surface area contributed by atoms with Crippen LogP contribution in [0.25, 0.3) is 0 Å². The van der Waals surface area contributed by atoms with Crippen LogP contribution in [0.15, 0.2) is 0 Å². The lowest BCUT2D eigenvalue weighted by Gasteiger charge is -1.94. The lowest BCUT2D eigenvalue weighted by molar-refractivity contribution is -0.386. The summed E-state index contributed by atoms with van der Waals surface area (Å²) in [7, 11) is 1.64. The molecular weight excluding hydrogens is 160 g/mol. The molecule has 0 spiro atoms. The Morgan fingerprint density at radius 2 is 2.33 bits per heavy atom. The summed E-state index contributed by atoms with van der Waals surface area (Å²) < 4.78 is 1.44. The van der Waals surface area contributed by atoms with Crippen molar-refractivity contribution in [3.8, 4) is 0 Å². The van der Waals surface area contributed by atoms with E-state index < -0.39 is 4.92 Å². The topological polar surface area (TPSA) is 87.0 Å². The number of nitrogens with zero attached hydrogens (tertiary/aromatic N) is 3. The second-order valence-electron chi connectivity index (χ2n) is 2.47. The second kappa shape index (κ2) is 2.90. The van der Waals surface area contributed by atoms with Crippen molar-refractivity contribution in [1.29, 1.82) is 0 Å². The lowest BCUT2D eigenvalue weighted by atomic mass is 10.3. The van der Waals surface area contributed by atoms with Crippen LogP contribution in [0, 0.1) is 17.0 Å². The molecule has 0 amide bonds. The van der Waals surface area contributed by atoms with E-state index in [1.807, 2.05) is 0 Å². The van der Waals surface area contributed by atoms with Crippen molar-refractivity contribution in [2.75, 3.05) is 0 Å². The van der Waals surface area contributed by atoms with E-state index in [1.54, 1.807) is 14.0 Å². The van der Waals surface area contributed by atoms with E-state index >= 15 is 0 Å². The normalized spacial score (nSPS) is 10.2. The van der Waals surface area contributed by atoms with Crippen molar-refractivity contribution in [2.45, 2.75) is 13.5 Å². The first-order valence-corrected chi connectivity index (χ1v) is 3.44. The molecule has 0 aliphatic rings. The van der Waals surface area contributed by atoms with Crippen molar-refractivity contribution in [2.24, 2.45) is 12.8 Å². The highest BCUT2D eigenvalue weighted by Gasteiger charge is 2.21. The molecule has 0 radical (unpaired) electrons. The fourth-order valence-corrected chi connectivity index (χ4v) is 1.16. The summed E-state index contributed by atoms with van der Waals surface area (Å²) in [6.07, 6.45) is 0. The highest BCUT2D eigenvalue weighted by molar-refractivity contribution is 5.40. The van der Waals surface area contributed by atoms with Crippen molar-refractivity contribution < 1.29 is 4.92 Å². The second-order valence-corrected chi connectivity index (χ2v) is 2.47. The van der Waals surface area contributed by atoms with Crippen LogP contribution in [0.5, 0.6) is 0 Å². The zero-order valence-electron chi connectivity index (χ0n) is 6.94. The van der Waals surface area contributed by atoms with Gasteiger partial charge in [-0.05, 0) is 6.92 Å². The summed E-state index contributed by atoms with van der Waals surface area (Å²) in [5, 5.41) is 14.4. The zero-order valence-corrected chi connectivity index (χ0v) is 6.94. The minimum Gasteiger partial charge on any atom is -0.325 e. The smallest absolute Gasteiger partial charge is 0.314 e. The predicted molar refractivity (Wildman–Crippen MR) is 42.5 cm³/mol. The third-order valence-corrected chi connectivity index (χ3v) is 1.68. The Hall–Kier alpha value is -1.43. The van der Waals surface area contributed by atoms with Crippen molar-refractivity contribution in [1.82, 2.24) is 9.78 Å². The van der Waals surface area contributed by atoms with Gasteiger partial charge in [-0.25, -0.2) is 0 Å². The van der Waals surface area contributed by atoms with Crippen LogP contribution in [0.1, 0.15) is 11.4 Å². The summed E-state index contributed by atoms with van der Waals surface area (Å²) in [4.78, 5) is 10.1. The van der Waals surface area contributed by atoms with E-state index in [-0.39, 0.29) is 12.2 Å². The predicted octanol–water partition coefficient (Wildman–Crippen LogP) is 0.0954. The molecule has 1 heterocycles. The Labute approximate surface area is 69.1 Å². The molecule has 2 N–H and O–H groups in total. The molecule has 1 aromatic heterocycles. The molecule has 6 heteroatoms. The first-order chi connectivity index (χ1) is 5.57. The van der Waals surface area contributed by atoms with Crippen molar-refractivity contribution in [3.63, 3.8) is 0 Å². The molecule has 0 aromatic carbocycles. The Kier molecular flexibility index (Phi) is 2.09. The fraction of sp³-hybridized carbons (Fsp3) is 0.500. The van der Waals surface area contributed by atoms with Gasteiger partial charge in [0.1, 0.15) is 11.4 Å². The molecule has 0 aliphatic carbocycles. The van der Waals surface area contributed by atoms with E-state index in [2.05, 4.69) is 5.10 Å². The van der Waals surface area contributed by atoms with E-state index in [1.165, 1.54) is 4.68 Å². The quantitative estimate of drug-likeness (QED) is 0.503. The van der Waals surface area contributed by atoms with Gasteiger partial charge in [0, 0.05) is 13.6 Å². The van der Waals surface area contributed by atoms with Crippen LogP contribution in [0.3, 0.4) is 0 Å². The van der Waals surface area contributed by atoms with Crippen LogP contribution in [-0.4, -0.2) is 14.7 Å². The monoisotopic (exact) mass is 170 g/mol. The average Bonchev–Trinajstić information content (AvgIpc) is 2.24. The van der Waals surface area contributed by atoms with Crippen LogP contribution in [0.4, 0.5) is 5.69 Å². The summed E-state index contributed by atoms with van der Waals surface area (Å²) >= 11 is 0. The number of aromatic nitrogens is 2. The fourth-order valence-electron chi connectivity index (χ4n) is 1.16. The third kappa shape index (κ3) is 1.16. The summed E-state index contributed by atoms with van der Waals surface area (Å²) in [6.45, 7) is 1.73. The summed E-state index contributed by atoms with van der Waals surface area (Å²) in [5.41, 5.74) is 6.23. The SMILES string of the molecule is Cc1nn(C)c(CN)c1[N+](=O)[O-]. The van der Waals surface area contributed by atoms with Gasteiger partial charge in [0.15, 0.2) is 0 Å². The van der Waals surface area contributed by atoms with Crippen LogP contribution >= 0.6 is 0 Å². The largest absolute Gasteiger partial charge is 0.325 e. The minimum absolute atomic E-state index is 0.0278. The molecule has 0 bridgehead atoms. The van der Waals surface area contributed by atoms with Crippen molar-refractivity contribution >= 4 is 5.69 Å². The van der Waals surface area contributed by atoms with Crippen molar-refractivity contribution in [3.05, 3.63) is 21.5 Å². The Balaban J connectivity index is 3.32. The highest BCUT2D eigenvalue weighted by Crippen LogP contribution is 2.20. The van der Waals surface area contributed by atoms with Gasteiger partial charge in [-0.15, -0.1) is 0 Å². The van der Waals surface area contributed by atoms with Gasteiger partial charge in [-0.2, -0.15) is 5.10 Å². The van der Waals surface area contributed by atoms with E-state index in [9.17, 15) is 10.1 Å². The van der Waals surface area contributed by atoms with E-state index in [0.29, 0.717) is 11.4 Å². The van der Waals surface area contributed by atoms with Crippen LogP contribution in [0.2, 0.25) is 0 Å². The van der Waals surface area contributed by atoms with E-state index in [4.69, 9.17) is 5.73 Å². The minimum atomic E-state index is -0.454. The number of hydrogen-bond acceptors (Lipinski definition) is 4. The molecule has 1 aromatic rings. The van der Waals surface area contributed by atoms with Gasteiger partial charge < -0.3 is 5.73 Å². The Bertz CT molecular complexity index is 318. The molecule has 6 nitrogen and oxygen atoms in total. The number of hydrogen-bond donors (Lipinski definition) is 1. The number of aryl methyl sites for hydroxylation is 2. The average molecular weight is 170 g/mol. The van der Waals surface area contributed by atoms with Gasteiger partial charge in [-0.1, -0.05) is 0 Å². The van der Waals surface area contributed by atoms with Gasteiger partial charge >= 0.3 is 5.69 Å². The standard InChI is InChI=1S/C6H10N4O2/c1-4-6(10(11)12)5(3-7)9(2)8-4/h3,7H2,1-2H3. The maximum Gasteiger partial charge on any atom is 0.314 e. The molecule has 0 saturated carbocycles. The van der Waals surface area contributed by atoms with Gasteiger partial charge in [0.25, 0.3) is 0 Å². The first-order valence-electron chi connectivity index (χ1n) is 3.44. The Morgan fingerprint density at radius 3 is 2.67 bits per heavy atom. The molecular formula is C6H10N4O2. The summed E-state index contributed by atoms with van der Waals surface area (Å²) in [6, 6.07) is 0. The van der Waals surface area contributed by atoms with E-state index in [0.717, 1.165) is 0 Å². The number of nitro groups is 1. The molecule has 0 saturated heterocycles. The maximum absolute atomic E-state index is 10.5. The number of nitrogens with two attached hydrogens (primary N) is 1. The molecule has 12 heavy (non-hydrogen) atoms. The molecule has 66 valence electrons. The first kappa shape index (κ1) is 8.66. The molecule has 0 aliphatic heterocycles. The van der Waals surface area contributed by atoms with Crippen LogP contribution in [-0.2, 0) is 13.6 Å². The van der Waals surface area contributed by atoms with Gasteiger partial charge in [-0.3, -0.25) is 14.8 Å².